The lowest BCUT2D eigenvalue weighted by atomic mass is 10.3. The molecule has 0 saturated carbocycles. The zero-order chi connectivity index (χ0) is 22.4. The fourth-order valence-corrected chi connectivity index (χ4v) is 4.25. The Bertz CT molecular complexity index is 1290. The number of benzene rings is 2. The first kappa shape index (κ1) is 21.1. The number of anilines is 2. The zero-order valence-electron chi connectivity index (χ0n) is 16.8. The molecule has 10 heteroatoms. The Labute approximate surface area is 185 Å². The van der Waals surface area contributed by atoms with Gasteiger partial charge in [-0.15, -0.1) is 0 Å². The highest BCUT2D eigenvalue weighted by molar-refractivity contribution is 7.92. The summed E-state index contributed by atoms with van der Waals surface area (Å²) in [4.78, 5) is 20.2. The first-order valence-electron chi connectivity index (χ1n) is 9.65. The van der Waals surface area contributed by atoms with E-state index in [0.29, 0.717) is 23.6 Å². The van der Waals surface area contributed by atoms with E-state index >= 15 is 0 Å². The summed E-state index contributed by atoms with van der Waals surface area (Å²) in [6.45, 7) is 0.341. The van der Waals surface area contributed by atoms with Crippen LogP contribution in [0.1, 0.15) is 5.56 Å². The molecule has 0 saturated heterocycles. The number of pyridine rings is 1. The van der Waals surface area contributed by atoms with Gasteiger partial charge in [0, 0.05) is 42.7 Å². The summed E-state index contributed by atoms with van der Waals surface area (Å²) in [5, 5.41) is 5.44. The van der Waals surface area contributed by atoms with Crippen molar-refractivity contribution in [2.45, 2.75) is 11.4 Å². The predicted molar refractivity (Wildman–Crippen MR) is 121 cm³/mol. The Kier molecular flexibility index (Phi) is 6.13. The predicted octanol–water partition coefficient (Wildman–Crippen LogP) is 3.39. The van der Waals surface area contributed by atoms with E-state index in [-0.39, 0.29) is 10.9 Å². The Morgan fingerprint density at radius 3 is 2.41 bits per heavy atom. The number of urea groups is 1. The number of nitrogens with zero attached hydrogens (tertiary/aromatic N) is 3. The molecule has 2 amide bonds. The van der Waals surface area contributed by atoms with Gasteiger partial charge in [-0.3, -0.25) is 9.71 Å². The minimum Gasteiger partial charge on any atom is -0.334 e. The third kappa shape index (κ3) is 5.10. The molecule has 0 aliphatic carbocycles. The average Bonchev–Trinajstić information content (AvgIpc) is 3.35. The monoisotopic (exact) mass is 448 g/mol. The van der Waals surface area contributed by atoms with Crippen LogP contribution >= 0.6 is 0 Å². The first-order valence-corrected chi connectivity index (χ1v) is 11.1. The molecule has 2 heterocycles. The standard InChI is InChI=1S/C22H20N6O3S/c29-22(25-15-17-4-3-11-23-14-17)26-18-7-9-19(10-8-18)27-32(30,31)21-6-2-1-5-20(21)28-13-12-24-16-28/h1-14,16,27H,15H2,(H2,25,26,29). The van der Waals surface area contributed by atoms with E-state index < -0.39 is 10.0 Å². The molecule has 32 heavy (non-hydrogen) atoms. The van der Waals surface area contributed by atoms with Crippen molar-refractivity contribution >= 4 is 27.4 Å². The number of imidazole rings is 1. The number of aromatic nitrogens is 3. The molecule has 2 aromatic heterocycles. The highest BCUT2D eigenvalue weighted by Crippen LogP contribution is 2.23. The molecule has 3 N–H and O–H groups in total. The summed E-state index contributed by atoms with van der Waals surface area (Å²) in [6.07, 6.45) is 8.12. The summed E-state index contributed by atoms with van der Waals surface area (Å²) in [5.41, 5.74) is 2.26. The van der Waals surface area contributed by atoms with Crippen LogP contribution in [-0.2, 0) is 16.6 Å². The van der Waals surface area contributed by atoms with Gasteiger partial charge in [-0.05, 0) is 48.0 Å². The number of sulfonamides is 1. The number of carbonyl (C=O) groups is 1. The van der Waals surface area contributed by atoms with Gasteiger partial charge in [0.15, 0.2) is 0 Å². The largest absolute Gasteiger partial charge is 0.334 e. The Balaban J connectivity index is 1.41. The third-order valence-electron chi connectivity index (χ3n) is 4.51. The van der Waals surface area contributed by atoms with Gasteiger partial charge in [-0.1, -0.05) is 18.2 Å². The SMILES string of the molecule is O=C(NCc1cccnc1)Nc1ccc(NS(=O)(=O)c2ccccc2-n2ccnc2)cc1. The molecule has 0 radical (unpaired) electrons. The number of hydrogen-bond acceptors (Lipinski definition) is 5. The second-order valence-corrected chi connectivity index (χ2v) is 8.44. The highest BCUT2D eigenvalue weighted by Gasteiger charge is 2.19. The lowest BCUT2D eigenvalue weighted by Crippen LogP contribution is -2.28. The number of para-hydroxylation sites is 1. The fraction of sp³-hybridized carbons (Fsp3) is 0.0455. The summed E-state index contributed by atoms with van der Waals surface area (Å²) >= 11 is 0. The van der Waals surface area contributed by atoms with Crippen molar-refractivity contribution in [1.82, 2.24) is 19.9 Å². The van der Waals surface area contributed by atoms with Gasteiger partial charge in [0.05, 0.1) is 12.0 Å². The van der Waals surface area contributed by atoms with Gasteiger partial charge in [0.25, 0.3) is 10.0 Å². The van der Waals surface area contributed by atoms with E-state index in [1.165, 1.54) is 12.4 Å². The quantitative estimate of drug-likeness (QED) is 0.401. The lowest BCUT2D eigenvalue weighted by molar-refractivity contribution is 0.251. The topological polar surface area (TPSA) is 118 Å². The summed E-state index contributed by atoms with van der Waals surface area (Å²) in [5.74, 6) is 0. The second-order valence-electron chi connectivity index (χ2n) is 6.79. The van der Waals surface area contributed by atoms with Crippen LogP contribution < -0.4 is 15.4 Å². The summed E-state index contributed by atoms with van der Waals surface area (Å²) in [7, 11) is -3.85. The molecule has 9 nitrogen and oxygen atoms in total. The molecule has 0 aliphatic heterocycles. The molecule has 0 aliphatic rings. The number of rotatable bonds is 7. The minimum atomic E-state index is -3.85. The maximum absolute atomic E-state index is 13.0. The molecule has 0 atom stereocenters. The van der Waals surface area contributed by atoms with E-state index in [1.54, 1.807) is 77.9 Å². The highest BCUT2D eigenvalue weighted by atomic mass is 32.2. The van der Waals surface area contributed by atoms with Gasteiger partial charge in [-0.25, -0.2) is 18.2 Å². The van der Waals surface area contributed by atoms with E-state index in [4.69, 9.17) is 0 Å². The van der Waals surface area contributed by atoms with Crippen molar-refractivity contribution in [3.8, 4) is 5.69 Å². The van der Waals surface area contributed by atoms with Crippen LogP contribution in [0.15, 0.2) is 96.7 Å². The second kappa shape index (κ2) is 9.31. The maximum atomic E-state index is 13.0. The van der Waals surface area contributed by atoms with Gasteiger partial charge < -0.3 is 15.2 Å². The zero-order valence-corrected chi connectivity index (χ0v) is 17.7. The van der Waals surface area contributed by atoms with Crippen molar-refractivity contribution in [2.24, 2.45) is 0 Å². The molecule has 0 unspecified atom stereocenters. The average molecular weight is 449 g/mol. The maximum Gasteiger partial charge on any atom is 0.319 e. The summed E-state index contributed by atoms with van der Waals surface area (Å²) in [6, 6.07) is 16.3. The van der Waals surface area contributed by atoms with Crippen molar-refractivity contribution < 1.29 is 13.2 Å². The van der Waals surface area contributed by atoms with Crippen molar-refractivity contribution in [1.29, 1.82) is 0 Å². The van der Waals surface area contributed by atoms with Crippen LogP contribution in [0.25, 0.3) is 5.69 Å². The smallest absolute Gasteiger partial charge is 0.319 e. The number of carbonyl (C=O) groups excluding carboxylic acids is 1. The van der Waals surface area contributed by atoms with Crippen molar-refractivity contribution in [3.05, 3.63) is 97.3 Å². The summed E-state index contributed by atoms with van der Waals surface area (Å²) < 4.78 is 30.1. The van der Waals surface area contributed by atoms with E-state index in [0.717, 1.165) is 5.56 Å². The minimum absolute atomic E-state index is 0.120. The molecular weight excluding hydrogens is 428 g/mol. The molecule has 162 valence electrons. The van der Waals surface area contributed by atoms with Gasteiger partial charge >= 0.3 is 6.03 Å². The molecule has 4 rings (SSSR count). The van der Waals surface area contributed by atoms with E-state index in [9.17, 15) is 13.2 Å². The fourth-order valence-electron chi connectivity index (χ4n) is 2.99. The van der Waals surface area contributed by atoms with Gasteiger partial charge in [0.1, 0.15) is 4.90 Å². The number of nitrogens with one attached hydrogen (secondary N) is 3. The molecule has 0 bridgehead atoms. The van der Waals surface area contributed by atoms with E-state index in [1.807, 2.05) is 6.07 Å². The van der Waals surface area contributed by atoms with Crippen LogP contribution in [0.4, 0.5) is 16.2 Å². The van der Waals surface area contributed by atoms with Crippen LogP contribution in [0, 0.1) is 0 Å². The third-order valence-corrected chi connectivity index (χ3v) is 5.94. The van der Waals surface area contributed by atoms with Crippen LogP contribution in [0.5, 0.6) is 0 Å². The van der Waals surface area contributed by atoms with Crippen LogP contribution in [0.3, 0.4) is 0 Å². The molecule has 0 fully saturated rings. The van der Waals surface area contributed by atoms with Crippen molar-refractivity contribution in [2.75, 3.05) is 10.0 Å². The molecule has 2 aromatic carbocycles. The Morgan fingerprint density at radius 1 is 0.906 bits per heavy atom. The number of hydrogen-bond donors (Lipinski definition) is 3. The molecule has 0 spiro atoms. The van der Waals surface area contributed by atoms with Crippen molar-refractivity contribution in [3.63, 3.8) is 0 Å². The lowest BCUT2D eigenvalue weighted by Gasteiger charge is -2.13. The Morgan fingerprint density at radius 2 is 1.69 bits per heavy atom. The number of amides is 2. The molecular formula is C22H20N6O3S. The van der Waals surface area contributed by atoms with Gasteiger partial charge in [-0.2, -0.15) is 0 Å². The van der Waals surface area contributed by atoms with Gasteiger partial charge in [0.2, 0.25) is 0 Å². The normalized spacial score (nSPS) is 11.0. The van der Waals surface area contributed by atoms with E-state index in [2.05, 4.69) is 25.3 Å². The molecule has 4 aromatic rings. The Hall–Kier alpha value is -4.18. The first-order chi connectivity index (χ1) is 15.5. The van der Waals surface area contributed by atoms with Crippen LogP contribution in [-0.4, -0.2) is 29.0 Å². The van der Waals surface area contributed by atoms with Crippen LogP contribution in [0.2, 0.25) is 0 Å².